The van der Waals surface area contributed by atoms with Crippen LogP contribution in [-0.4, -0.2) is 30.8 Å². The van der Waals surface area contributed by atoms with E-state index >= 15 is 0 Å². The summed E-state index contributed by atoms with van der Waals surface area (Å²) in [7, 11) is 2.11. The van der Waals surface area contributed by atoms with Crippen LogP contribution in [0, 0.1) is 6.92 Å². The van der Waals surface area contributed by atoms with Gasteiger partial charge in [0.25, 0.3) is 0 Å². The predicted molar refractivity (Wildman–Crippen MR) is 59.3 cm³/mol. The Bertz CT molecular complexity index is 444. The highest BCUT2D eigenvalue weighted by Gasteiger charge is 2.50. The molecule has 1 aliphatic heterocycles. The van der Waals surface area contributed by atoms with Crippen molar-refractivity contribution in [3.63, 3.8) is 0 Å². The summed E-state index contributed by atoms with van der Waals surface area (Å²) in [5.74, 6) is 0.344. The van der Waals surface area contributed by atoms with Crippen molar-refractivity contribution < 1.29 is 4.79 Å². The summed E-state index contributed by atoms with van der Waals surface area (Å²) < 4.78 is 0. The van der Waals surface area contributed by atoms with E-state index in [1.54, 1.807) is 0 Å². The number of likely N-dealkylation sites (tertiary alicyclic amines) is 1. The molecule has 3 rings (SSSR count). The van der Waals surface area contributed by atoms with Crippen LogP contribution in [0.15, 0.2) is 18.2 Å². The molecule has 0 N–H and O–H groups in total. The van der Waals surface area contributed by atoms with Crippen LogP contribution < -0.4 is 0 Å². The van der Waals surface area contributed by atoms with E-state index < -0.39 is 0 Å². The number of carbonyl (C=O) groups is 1. The van der Waals surface area contributed by atoms with Crippen molar-refractivity contribution in [2.75, 3.05) is 20.1 Å². The number of ketones is 1. The molecule has 2 nitrogen and oxygen atoms in total. The maximum absolute atomic E-state index is 12.0. The van der Waals surface area contributed by atoms with Gasteiger partial charge in [0.05, 0.1) is 0 Å². The van der Waals surface area contributed by atoms with Crippen molar-refractivity contribution in [3.8, 4) is 0 Å². The molecule has 1 aromatic carbocycles. The number of aryl methyl sites for hydroxylation is 1. The van der Waals surface area contributed by atoms with E-state index in [1.807, 2.05) is 13.0 Å². The Labute approximate surface area is 89.9 Å². The van der Waals surface area contributed by atoms with E-state index in [9.17, 15) is 4.79 Å². The van der Waals surface area contributed by atoms with Gasteiger partial charge >= 0.3 is 0 Å². The van der Waals surface area contributed by atoms with Crippen molar-refractivity contribution in [3.05, 3.63) is 34.9 Å². The number of likely N-dealkylation sites (N-methyl/N-ethyl adjacent to an activating group) is 1. The minimum absolute atomic E-state index is 0.160. The van der Waals surface area contributed by atoms with Crippen LogP contribution in [0.1, 0.15) is 27.9 Å². The fourth-order valence-corrected chi connectivity index (χ4v) is 3.24. The SMILES string of the molecule is Cc1cccc2c1C(=O)CC21CN(C)C1. The van der Waals surface area contributed by atoms with Gasteiger partial charge in [-0.25, -0.2) is 0 Å². The molecule has 0 atom stereocenters. The zero-order valence-corrected chi connectivity index (χ0v) is 9.21. The summed E-state index contributed by atoms with van der Waals surface area (Å²) in [6.45, 7) is 4.11. The van der Waals surface area contributed by atoms with Crippen LogP contribution in [0.4, 0.5) is 0 Å². The molecule has 1 aliphatic carbocycles. The molecule has 1 aromatic rings. The summed E-state index contributed by atoms with van der Waals surface area (Å²) in [5, 5.41) is 0. The lowest BCUT2D eigenvalue weighted by atomic mass is 9.75. The first-order valence-corrected chi connectivity index (χ1v) is 5.44. The Morgan fingerprint density at radius 1 is 1.33 bits per heavy atom. The molecule has 78 valence electrons. The molecule has 2 aliphatic rings. The third-order valence-corrected chi connectivity index (χ3v) is 3.77. The van der Waals surface area contributed by atoms with Crippen LogP contribution >= 0.6 is 0 Å². The predicted octanol–water partition coefficient (Wildman–Crippen LogP) is 1.76. The third-order valence-electron chi connectivity index (χ3n) is 3.77. The largest absolute Gasteiger partial charge is 0.304 e. The Kier molecular flexibility index (Phi) is 1.64. The lowest BCUT2D eigenvalue weighted by Crippen LogP contribution is -2.56. The maximum Gasteiger partial charge on any atom is 0.164 e. The molecule has 0 radical (unpaired) electrons. The number of Topliss-reactive ketones (excluding diaryl/α,β-unsaturated/α-hetero) is 1. The molecule has 1 fully saturated rings. The van der Waals surface area contributed by atoms with Gasteiger partial charge in [-0.05, 0) is 25.1 Å². The van der Waals surface area contributed by atoms with E-state index in [4.69, 9.17) is 0 Å². The quantitative estimate of drug-likeness (QED) is 0.637. The van der Waals surface area contributed by atoms with Gasteiger partial charge in [-0.3, -0.25) is 4.79 Å². The number of nitrogens with zero attached hydrogens (tertiary/aromatic N) is 1. The second-order valence-corrected chi connectivity index (χ2v) is 5.05. The monoisotopic (exact) mass is 201 g/mol. The van der Waals surface area contributed by atoms with E-state index in [1.165, 1.54) is 5.56 Å². The highest BCUT2D eigenvalue weighted by Crippen LogP contribution is 2.45. The Morgan fingerprint density at radius 3 is 2.73 bits per heavy atom. The molecule has 15 heavy (non-hydrogen) atoms. The van der Waals surface area contributed by atoms with Crippen LogP contribution in [0.3, 0.4) is 0 Å². The molecule has 0 aromatic heterocycles. The van der Waals surface area contributed by atoms with Crippen molar-refractivity contribution in [2.45, 2.75) is 18.8 Å². The summed E-state index contributed by atoms with van der Waals surface area (Å²) in [4.78, 5) is 14.3. The minimum Gasteiger partial charge on any atom is -0.304 e. The van der Waals surface area contributed by atoms with Gasteiger partial charge in [0.1, 0.15) is 0 Å². The van der Waals surface area contributed by atoms with Gasteiger partial charge in [-0.1, -0.05) is 18.2 Å². The van der Waals surface area contributed by atoms with Crippen molar-refractivity contribution in [1.29, 1.82) is 0 Å². The molecule has 0 unspecified atom stereocenters. The third kappa shape index (κ3) is 1.06. The second kappa shape index (κ2) is 2.70. The van der Waals surface area contributed by atoms with Gasteiger partial charge in [-0.2, -0.15) is 0 Å². The van der Waals surface area contributed by atoms with Gasteiger partial charge < -0.3 is 4.90 Å². The molecule has 1 spiro atoms. The molecule has 0 saturated carbocycles. The first kappa shape index (κ1) is 9.10. The average molecular weight is 201 g/mol. The Balaban J connectivity index is 2.15. The smallest absolute Gasteiger partial charge is 0.164 e. The topological polar surface area (TPSA) is 20.3 Å². The fraction of sp³-hybridized carbons (Fsp3) is 0.462. The maximum atomic E-state index is 12.0. The Hall–Kier alpha value is -1.15. The normalized spacial score (nSPS) is 22.9. The van der Waals surface area contributed by atoms with Gasteiger partial charge in [0.2, 0.25) is 0 Å². The lowest BCUT2D eigenvalue weighted by Gasteiger charge is -2.46. The minimum atomic E-state index is 0.160. The highest BCUT2D eigenvalue weighted by molar-refractivity contribution is 6.03. The summed E-state index contributed by atoms with van der Waals surface area (Å²) in [6.07, 6.45) is 0.720. The fourth-order valence-electron chi connectivity index (χ4n) is 3.24. The van der Waals surface area contributed by atoms with Crippen LogP contribution in [0.2, 0.25) is 0 Å². The van der Waals surface area contributed by atoms with Gasteiger partial charge in [-0.15, -0.1) is 0 Å². The average Bonchev–Trinajstić information content (AvgIpc) is 2.41. The highest BCUT2D eigenvalue weighted by atomic mass is 16.1. The van der Waals surface area contributed by atoms with Crippen LogP contribution in [0.5, 0.6) is 0 Å². The zero-order valence-electron chi connectivity index (χ0n) is 9.21. The van der Waals surface area contributed by atoms with E-state index in [0.29, 0.717) is 5.78 Å². The number of benzene rings is 1. The van der Waals surface area contributed by atoms with Gasteiger partial charge in [0.15, 0.2) is 5.78 Å². The number of hydrogen-bond donors (Lipinski definition) is 0. The first-order valence-electron chi connectivity index (χ1n) is 5.44. The van der Waals surface area contributed by atoms with E-state index in [0.717, 1.165) is 30.6 Å². The first-order chi connectivity index (χ1) is 7.12. The number of fused-ring (bicyclic) bond motifs is 2. The second-order valence-electron chi connectivity index (χ2n) is 5.05. The Morgan fingerprint density at radius 2 is 2.07 bits per heavy atom. The van der Waals surface area contributed by atoms with E-state index in [-0.39, 0.29) is 5.41 Å². The number of rotatable bonds is 0. The summed E-state index contributed by atoms with van der Waals surface area (Å²) in [6, 6.07) is 6.26. The number of carbonyl (C=O) groups excluding carboxylic acids is 1. The summed E-state index contributed by atoms with van der Waals surface area (Å²) >= 11 is 0. The van der Waals surface area contributed by atoms with Crippen LogP contribution in [0.25, 0.3) is 0 Å². The molecular formula is C13H15NO. The van der Waals surface area contributed by atoms with Crippen LogP contribution in [-0.2, 0) is 5.41 Å². The summed E-state index contributed by atoms with van der Waals surface area (Å²) in [5.41, 5.74) is 3.60. The number of hydrogen-bond acceptors (Lipinski definition) is 2. The molecule has 1 heterocycles. The standard InChI is InChI=1S/C13H15NO/c1-9-4-3-5-10-12(9)11(15)6-13(10)7-14(2)8-13/h3-5H,6-8H2,1-2H3. The molecule has 0 amide bonds. The van der Waals surface area contributed by atoms with E-state index in [2.05, 4.69) is 24.1 Å². The molecular weight excluding hydrogens is 186 g/mol. The zero-order chi connectivity index (χ0) is 10.6. The van der Waals surface area contributed by atoms with Gasteiger partial charge in [0, 0.05) is 30.5 Å². The molecule has 2 heteroatoms. The lowest BCUT2D eigenvalue weighted by molar-refractivity contribution is 0.0766. The van der Waals surface area contributed by atoms with Crippen molar-refractivity contribution in [2.24, 2.45) is 0 Å². The molecule has 0 bridgehead atoms. The molecule has 1 saturated heterocycles. The van der Waals surface area contributed by atoms with Crippen molar-refractivity contribution >= 4 is 5.78 Å². The van der Waals surface area contributed by atoms with Crippen molar-refractivity contribution in [1.82, 2.24) is 4.90 Å².